The highest BCUT2D eigenvalue weighted by atomic mass is 16.3. The van der Waals surface area contributed by atoms with E-state index in [0.717, 1.165) is 22.4 Å². The van der Waals surface area contributed by atoms with Crippen molar-refractivity contribution in [2.24, 2.45) is 5.10 Å². The standard InChI is InChI=1S/C15H14N4O/c1-10-8-13-11(2)17-15(18-14(13)20-10)19-16-9-12-6-4-3-5-7-12/h3-9H,1-2H3,(H,17,18,19). The molecule has 3 aromatic rings. The minimum absolute atomic E-state index is 0.427. The van der Waals surface area contributed by atoms with Gasteiger partial charge in [-0.05, 0) is 25.5 Å². The number of aromatic nitrogens is 2. The Morgan fingerprint density at radius 2 is 1.95 bits per heavy atom. The molecule has 100 valence electrons. The fourth-order valence-corrected chi connectivity index (χ4v) is 1.94. The summed E-state index contributed by atoms with van der Waals surface area (Å²) in [5.41, 5.74) is 5.27. The number of hydrogen-bond donors (Lipinski definition) is 1. The van der Waals surface area contributed by atoms with Gasteiger partial charge in [-0.15, -0.1) is 0 Å². The molecule has 0 amide bonds. The van der Waals surface area contributed by atoms with Crippen LogP contribution >= 0.6 is 0 Å². The van der Waals surface area contributed by atoms with Crippen molar-refractivity contribution in [3.05, 3.63) is 53.4 Å². The van der Waals surface area contributed by atoms with Crippen LogP contribution in [0, 0.1) is 13.8 Å². The van der Waals surface area contributed by atoms with Crippen LogP contribution in [0.1, 0.15) is 17.0 Å². The van der Waals surface area contributed by atoms with Gasteiger partial charge in [0.25, 0.3) is 0 Å². The van der Waals surface area contributed by atoms with E-state index in [-0.39, 0.29) is 0 Å². The number of hydrogen-bond acceptors (Lipinski definition) is 5. The SMILES string of the molecule is Cc1cc2c(C)nc(NN=Cc3ccccc3)nc2o1. The predicted molar refractivity (Wildman–Crippen MR) is 78.9 cm³/mol. The molecule has 0 radical (unpaired) electrons. The minimum atomic E-state index is 0.427. The zero-order valence-corrected chi connectivity index (χ0v) is 11.3. The lowest BCUT2D eigenvalue weighted by Gasteiger charge is -2.00. The first-order chi connectivity index (χ1) is 9.72. The van der Waals surface area contributed by atoms with Crippen LogP contribution in [-0.4, -0.2) is 16.2 Å². The number of fused-ring (bicyclic) bond motifs is 1. The summed E-state index contributed by atoms with van der Waals surface area (Å²) >= 11 is 0. The topological polar surface area (TPSA) is 63.3 Å². The first-order valence-corrected chi connectivity index (χ1v) is 6.31. The molecule has 0 unspecified atom stereocenters. The highest BCUT2D eigenvalue weighted by Gasteiger charge is 2.08. The van der Waals surface area contributed by atoms with Gasteiger partial charge < -0.3 is 4.42 Å². The number of anilines is 1. The van der Waals surface area contributed by atoms with E-state index >= 15 is 0 Å². The van der Waals surface area contributed by atoms with Crippen LogP contribution in [0.5, 0.6) is 0 Å². The van der Waals surface area contributed by atoms with Gasteiger partial charge in [-0.3, -0.25) is 0 Å². The maximum atomic E-state index is 5.51. The second-order valence-electron chi connectivity index (χ2n) is 4.49. The van der Waals surface area contributed by atoms with Gasteiger partial charge in [-0.25, -0.2) is 10.4 Å². The number of aryl methyl sites for hydroxylation is 2. The summed E-state index contributed by atoms with van der Waals surface area (Å²) in [7, 11) is 0. The average Bonchev–Trinajstić information content (AvgIpc) is 2.81. The highest BCUT2D eigenvalue weighted by Crippen LogP contribution is 2.20. The molecule has 3 rings (SSSR count). The van der Waals surface area contributed by atoms with E-state index in [2.05, 4.69) is 20.5 Å². The highest BCUT2D eigenvalue weighted by molar-refractivity contribution is 5.80. The molecule has 0 atom stereocenters. The van der Waals surface area contributed by atoms with Gasteiger partial charge in [0.15, 0.2) is 0 Å². The summed E-state index contributed by atoms with van der Waals surface area (Å²) in [4.78, 5) is 8.64. The summed E-state index contributed by atoms with van der Waals surface area (Å²) in [6.45, 7) is 3.81. The third kappa shape index (κ3) is 2.51. The largest absolute Gasteiger partial charge is 0.443 e. The Labute approximate surface area is 116 Å². The Morgan fingerprint density at radius 3 is 2.75 bits per heavy atom. The van der Waals surface area contributed by atoms with Crippen LogP contribution in [0.4, 0.5) is 5.95 Å². The Bertz CT molecular complexity index is 762. The van der Waals surface area contributed by atoms with Crippen LogP contribution in [-0.2, 0) is 0 Å². The monoisotopic (exact) mass is 266 g/mol. The number of nitrogens with one attached hydrogen (secondary N) is 1. The molecule has 2 heterocycles. The summed E-state index contributed by atoms with van der Waals surface area (Å²) in [6, 6.07) is 11.7. The molecule has 0 aliphatic rings. The van der Waals surface area contributed by atoms with Crippen molar-refractivity contribution in [3.8, 4) is 0 Å². The van der Waals surface area contributed by atoms with Crippen LogP contribution in [0.2, 0.25) is 0 Å². The molecule has 0 fully saturated rings. The van der Waals surface area contributed by atoms with Gasteiger partial charge in [0.2, 0.25) is 11.7 Å². The number of benzene rings is 1. The molecule has 2 aromatic heterocycles. The molecular weight excluding hydrogens is 252 g/mol. The fourth-order valence-electron chi connectivity index (χ4n) is 1.94. The number of hydrazone groups is 1. The van der Waals surface area contributed by atoms with Gasteiger partial charge in [0.1, 0.15) is 5.76 Å². The summed E-state index contributed by atoms with van der Waals surface area (Å²) in [5, 5.41) is 5.06. The Morgan fingerprint density at radius 1 is 1.15 bits per heavy atom. The number of furan rings is 1. The van der Waals surface area contributed by atoms with Crippen molar-refractivity contribution in [1.82, 2.24) is 9.97 Å². The van der Waals surface area contributed by atoms with Crippen LogP contribution in [0.25, 0.3) is 11.1 Å². The summed E-state index contributed by atoms with van der Waals surface area (Å²) in [5.74, 6) is 1.25. The van der Waals surface area contributed by atoms with Crippen molar-refractivity contribution in [3.63, 3.8) is 0 Å². The molecular formula is C15H14N4O. The van der Waals surface area contributed by atoms with Crippen molar-refractivity contribution in [2.75, 3.05) is 5.43 Å². The molecule has 0 bridgehead atoms. The van der Waals surface area contributed by atoms with Crippen LogP contribution in [0.3, 0.4) is 0 Å². The van der Waals surface area contributed by atoms with Crippen LogP contribution < -0.4 is 5.43 Å². The Kier molecular flexibility index (Phi) is 3.16. The van der Waals surface area contributed by atoms with E-state index in [1.807, 2.05) is 50.2 Å². The smallest absolute Gasteiger partial charge is 0.247 e. The van der Waals surface area contributed by atoms with E-state index in [4.69, 9.17) is 4.42 Å². The molecule has 20 heavy (non-hydrogen) atoms. The van der Waals surface area contributed by atoms with Crippen molar-refractivity contribution in [2.45, 2.75) is 13.8 Å². The normalized spacial score (nSPS) is 11.3. The van der Waals surface area contributed by atoms with E-state index < -0.39 is 0 Å². The zero-order chi connectivity index (χ0) is 13.9. The Hall–Kier alpha value is -2.69. The molecule has 5 heteroatoms. The third-order valence-electron chi connectivity index (χ3n) is 2.88. The van der Waals surface area contributed by atoms with Gasteiger partial charge in [0.05, 0.1) is 17.3 Å². The first kappa shape index (κ1) is 12.3. The number of rotatable bonds is 3. The third-order valence-corrected chi connectivity index (χ3v) is 2.88. The lowest BCUT2D eigenvalue weighted by atomic mass is 10.2. The molecule has 1 N–H and O–H groups in total. The quantitative estimate of drug-likeness (QED) is 0.583. The predicted octanol–water partition coefficient (Wildman–Crippen LogP) is 3.29. The van der Waals surface area contributed by atoms with E-state index in [0.29, 0.717) is 11.7 Å². The molecule has 0 aliphatic heterocycles. The zero-order valence-electron chi connectivity index (χ0n) is 11.3. The number of nitrogens with zero attached hydrogens (tertiary/aromatic N) is 3. The molecule has 0 aliphatic carbocycles. The Balaban J connectivity index is 1.82. The van der Waals surface area contributed by atoms with Gasteiger partial charge in [0, 0.05) is 0 Å². The summed E-state index contributed by atoms with van der Waals surface area (Å²) in [6.07, 6.45) is 1.72. The molecule has 1 aromatic carbocycles. The van der Waals surface area contributed by atoms with Crippen molar-refractivity contribution in [1.29, 1.82) is 0 Å². The fraction of sp³-hybridized carbons (Fsp3) is 0.133. The lowest BCUT2D eigenvalue weighted by Crippen LogP contribution is -1.98. The second kappa shape index (κ2) is 5.13. The van der Waals surface area contributed by atoms with Crippen LogP contribution in [0.15, 0.2) is 45.9 Å². The van der Waals surface area contributed by atoms with Crippen molar-refractivity contribution < 1.29 is 4.42 Å². The van der Waals surface area contributed by atoms with Crippen molar-refractivity contribution >= 4 is 23.3 Å². The lowest BCUT2D eigenvalue weighted by molar-refractivity contribution is 0.567. The first-order valence-electron chi connectivity index (χ1n) is 6.31. The average molecular weight is 266 g/mol. The van der Waals surface area contributed by atoms with E-state index in [1.165, 1.54) is 0 Å². The maximum Gasteiger partial charge on any atom is 0.247 e. The van der Waals surface area contributed by atoms with Gasteiger partial charge in [-0.1, -0.05) is 30.3 Å². The molecule has 0 spiro atoms. The summed E-state index contributed by atoms with van der Waals surface area (Å²) < 4.78 is 5.51. The molecule has 0 saturated carbocycles. The molecule has 5 nitrogen and oxygen atoms in total. The van der Waals surface area contributed by atoms with E-state index in [1.54, 1.807) is 6.21 Å². The van der Waals surface area contributed by atoms with Gasteiger partial charge in [-0.2, -0.15) is 10.1 Å². The molecule has 0 saturated heterocycles. The minimum Gasteiger partial charge on any atom is -0.443 e. The maximum absolute atomic E-state index is 5.51. The van der Waals surface area contributed by atoms with Gasteiger partial charge >= 0.3 is 0 Å². The second-order valence-corrected chi connectivity index (χ2v) is 4.49. The van der Waals surface area contributed by atoms with E-state index in [9.17, 15) is 0 Å².